The van der Waals surface area contributed by atoms with Crippen molar-refractivity contribution in [2.45, 2.75) is 33.2 Å². The maximum Gasteiger partial charge on any atom is 0.338 e. The lowest BCUT2D eigenvalue weighted by molar-refractivity contribution is 0.0526. The van der Waals surface area contributed by atoms with E-state index in [1.807, 2.05) is 19.1 Å². The Hall–Kier alpha value is -2.40. The molecule has 0 aliphatic carbocycles. The van der Waals surface area contributed by atoms with Gasteiger partial charge in [-0.05, 0) is 49.2 Å². The topological polar surface area (TPSA) is 31.2 Å². The van der Waals surface area contributed by atoms with Crippen molar-refractivity contribution < 1.29 is 18.3 Å². The van der Waals surface area contributed by atoms with Gasteiger partial charge in [-0.3, -0.25) is 0 Å². The molecule has 3 rings (SSSR count). The average molecular weight is 392 g/mol. The molecule has 1 aromatic heterocycles. The second-order valence-electron chi connectivity index (χ2n) is 6.14. The van der Waals surface area contributed by atoms with Crippen LogP contribution in [0.5, 0.6) is 0 Å². The van der Waals surface area contributed by atoms with Crippen LogP contribution in [-0.4, -0.2) is 23.6 Å². The van der Waals surface area contributed by atoms with Crippen molar-refractivity contribution in [3.05, 3.63) is 58.7 Å². The molecule has 142 valence electrons. The number of fused-ring (bicyclic) bond motifs is 1. The standard InChI is InChI=1S/C21H20ClF2NO2/c1-3-17-20(13-5-8-15(22)9-6-13)16-11-14(21(26)27-4-2)7-10-18(16)25(17)12-19(23)24/h5-11,19H,3-4,12H2,1-2H3. The molecule has 0 aliphatic rings. The Morgan fingerprint density at radius 1 is 1.15 bits per heavy atom. The quantitative estimate of drug-likeness (QED) is 0.485. The molecule has 3 nitrogen and oxygen atoms in total. The zero-order valence-electron chi connectivity index (χ0n) is 15.1. The largest absolute Gasteiger partial charge is 0.462 e. The van der Waals surface area contributed by atoms with Crippen molar-refractivity contribution in [1.82, 2.24) is 4.57 Å². The third-order valence-corrected chi connectivity index (χ3v) is 4.72. The molecule has 6 heteroatoms. The molecular weight excluding hydrogens is 372 g/mol. The third-order valence-electron chi connectivity index (χ3n) is 4.47. The number of benzene rings is 2. The summed E-state index contributed by atoms with van der Waals surface area (Å²) in [7, 11) is 0. The summed E-state index contributed by atoms with van der Waals surface area (Å²) in [6.45, 7) is 3.55. The second kappa shape index (κ2) is 8.09. The van der Waals surface area contributed by atoms with Gasteiger partial charge in [0.15, 0.2) is 0 Å². The molecule has 27 heavy (non-hydrogen) atoms. The highest BCUT2D eigenvalue weighted by molar-refractivity contribution is 6.30. The maximum atomic E-state index is 13.2. The zero-order valence-corrected chi connectivity index (χ0v) is 15.9. The van der Waals surface area contributed by atoms with E-state index in [0.29, 0.717) is 22.5 Å². The molecule has 2 aromatic carbocycles. The molecule has 0 saturated carbocycles. The van der Waals surface area contributed by atoms with Gasteiger partial charge in [0.25, 0.3) is 6.43 Å². The number of hydrogen-bond acceptors (Lipinski definition) is 2. The van der Waals surface area contributed by atoms with E-state index in [1.54, 1.807) is 41.8 Å². The molecular formula is C21H20ClF2NO2. The summed E-state index contributed by atoms with van der Waals surface area (Å²) in [4.78, 5) is 12.2. The first-order valence-corrected chi connectivity index (χ1v) is 9.20. The van der Waals surface area contributed by atoms with Crippen LogP contribution in [0.3, 0.4) is 0 Å². The van der Waals surface area contributed by atoms with Crippen LogP contribution in [0, 0.1) is 0 Å². The summed E-state index contributed by atoms with van der Waals surface area (Å²) < 4.78 is 33.2. The summed E-state index contributed by atoms with van der Waals surface area (Å²) in [5, 5.41) is 1.35. The first kappa shape index (κ1) is 19.4. The number of carbonyl (C=O) groups is 1. The minimum Gasteiger partial charge on any atom is -0.462 e. The highest BCUT2D eigenvalue weighted by atomic mass is 35.5. The average Bonchev–Trinajstić information content (AvgIpc) is 2.94. The predicted octanol–water partition coefficient (Wildman–Crippen LogP) is 5.97. The van der Waals surface area contributed by atoms with Gasteiger partial charge in [0.2, 0.25) is 0 Å². The van der Waals surface area contributed by atoms with Crippen LogP contribution in [0.4, 0.5) is 8.78 Å². The molecule has 3 aromatic rings. The molecule has 0 saturated heterocycles. The second-order valence-corrected chi connectivity index (χ2v) is 6.57. The van der Waals surface area contributed by atoms with E-state index in [-0.39, 0.29) is 6.61 Å². The summed E-state index contributed by atoms with van der Waals surface area (Å²) in [6.07, 6.45) is -1.90. The van der Waals surface area contributed by atoms with Gasteiger partial charge in [0.05, 0.1) is 18.7 Å². The Morgan fingerprint density at radius 3 is 2.44 bits per heavy atom. The highest BCUT2D eigenvalue weighted by Gasteiger charge is 2.21. The van der Waals surface area contributed by atoms with Crippen molar-refractivity contribution in [2.24, 2.45) is 0 Å². The Labute approximate surface area is 161 Å². The highest BCUT2D eigenvalue weighted by Crippen LogP contribution is 2.37. The number of halogens is 3. The van der Waals surface area contributed by atoms with E-state index in [0.717, 1.165) is 22.2 Å². The van der Waals surface area contributed by atoms with E-state index in [1.165, 1.54) is 0 Å². The number of aromatic nitrogens is 1. The van der Waals surface area contributed by atoms with Crippen molar-refractivity contribution in [3.8, 4) is 11.1 Å². The van der Waals surface area contributed by atoms with Crippen LogP contribution in [0.2, 0.25) is 5.02 Å². The molecule has 0 fully saturated rings. The van der Waals surface area contributed by atoms with Crippen molar-refractivity contribution >= 4 is 28.5 Å². The first-order valence-electron chi connectivity index (χ1n) is 8.82. The van der Waals surface area contributed by atoms with Gasteiger partial charge in [-0.15, -0.1) is 0 Å². The van der Waals surface area contributed by atoms with Crippen LogP contribution in [0.25, 0.3) is 22.0 Å². The van der Waals surface area contributed by atoms with Crippen molar-refractivity contribution in [2.75, 3.05) is 6.61 Å². The van der Waals surface area contributed by atoms with Gasteiger partial charge >= 0.3 is 5.97 Å². The lowest BCUT2D eigenvalue weighted by atomic mass is 9.99. The number of ether oxygens (including phenoxy) is 1. The minimum atomic E-state index is -2.48. The number of carbonyl (C=O) groups excluding carboxylic acids is 1. The van der Waals surface area contributed by atoms with Gasteiger partial charge in [0, 0.05) is 27.2 Å². The number of alkyl halides is 2. The smallest absolute Gasteiger partial charge is 0.338 e. The Morgan fingerprint density at radius 2 is 1.85 bits per heavy atom. The Kier molecular flexibility index (Phi) is 5.80. The molecule has 0 unspecified atom stereocenters. The van der Waals surface area contributed by atoms with E-state index in [2.05, 4.69) is 0 Å². The van der Waals surface area contributed by atoms with Crippen LogP contribution in [0.15, 0.2) is 42.5 Å². The lowest BCUT2D eigenvalue weighted by Gasteiger charge is -2.10. The minimum absolute atomic E-state index is 0.271. The van der Waals surface area contributed by atoms with Crippen LogP contribution >= 0.6 is 11.6 Å². The summed E-state index contributed by atoms with van der Waals surface area (Å²) in [5.74, 6) is -0.430. The fourth-order valence-corrected chi connectivity index (χ4v) is 3.53. The van der Waals surface area contributed by atoms with Crippen LogP contribution in [0.1, 0.15) is 29.9 Å². The molecule has 0 aliphatic heterocycles. The van der Waals surface area contributed by atoms with E-state index in [4.69, 9.17) is 16.3 Å². The van der Waals surface area contributed by atoms with Crippen molar-refractivity contribution in [1.29, 1.82) is 0 Å². The van der Waals surface area contributed by atoms with Gasteiger partial charge in [-0.2, -0.15) is 0 Å². The molecule has 0 spiro atoms. The van der Waals surface area contributed by atoms with Crippen LogP contribution in [-0.2, 0) is 17.7 Å². The normalized spacial score (nSPS) is 11.3. The summed E-state index contributed by atoms with van der Waals surface area (Å²) in [5.41, 5.74) is 3.58. The first-order chi connectivity index (χ1) is 13.0. The SMILES string of the molecule is CCOC(=O)c1ccc2c(c1)c(-c1ccc(Cl)cc1)c(CC)n2CC(F)F. The van der Waals surface area contributed by atoms with E-state index >= 15 is 0 Å². The third kappa shape index (κ3) is 3.83. The molecule has 0 atom stereocenters. The van der Waals surface area contributed by atoms with Crippen LogP contribution < -0.4 is 0 Å². The van der Waals surface area contributed by atoms with E-state index in [9.17, 15) is 13.6 Å². The molecule has 0 bridgehead atoms. The number of esters is 1. The van der Waals surface area contributed by atoms with Gasteiger partial charge in [0.1, 0.15) is 0 Å². The fourth-order valence-electron chi connectivity index (χ4n) is 3.40. The molecule has 1 heterocycles. The molecule has 0 radical (unpaired) electrons. The zero-order chi connectivity index (χ0) is 19.6. The van der Waals surface area contributed by atoms with Gasteiger partial charge in [-0.25, -0.2) is 13.6 Å². The number of hydrogen-bond donors (Lipinski definition) is 0. The van der Waals surface area contributed by atoms with Crippen molar-refractivity contribution in [3.63, 3.8) is 0 Å². The molecule has 0 N–H and O–H groups in total. The Bertz CT molecular complexity index is 964. The fraction of sp³-hybridized carbons (Fsp3) is 0.286. The van der Waals surface area contributed by atoms with E-state index < -0.39 is 18.9 Å². The maximum absolute atomic E-state index is 13.2. The summed E-state index contributed by atoms with van der Waals surface area (Å²) >= 11 is 6.00. The number of nitrogens with zero attached hydrogens (tertiary/aromatic N) is 1. The Balaban J connectivity index is 2.29. The lowest BCUT2D eigenvalue weighted by Crippen LogP contribution is -2.09. The summed E-state index contributed by atoms with van der Waals surface area (Å²) in [6, 6.07) is 12.3. The number of rotatable bonds is 6. The van der Waals surface area contributed by atoms with Gasteiger partial charge in [-0.1, -0.05) is 30.7 Å². The monoisotopic (exact) mass is 391 g/mol. The predicted molar refractivity (Wildman–Crippen MR) is 104 cm³/mol. The van der Waals surface area contributed by atoms with Gasteiger partial charge < -0.3 is 9.30 Å². The molecule has 0 amide bonds.